The molecule has 0 bridgehead atoms. The fourth-order valence-corrected chi connectivity index (χ4v) is 2.93. The molecule has 0 spiro atoms. The van der Waals surface area contributed by atoms with Gasteiger partial charge in [0.15, 0.2) is 5.78 Å². The molecule has 1 amide bonds. The summed E-state index contributed by atoms with van der Waals surface area (Å²) in [5, 5.41) is 5.77. The number of carbonyl (C=O) groups excluding carboxylic acids is 2. The van der Waals surface area contributed by atoms with E-state index in [9.17, 15) is 13.8 Å². The molecule has 0 aliphatic rings. The molecule has 0 saturated carbocycles. The van der Waals surface area contributed by atoms with Gasteiger partial charge in [-0.25, -0.2) is 0 Å². The highest BCUT2D eigenvalue weighted by Gasteiger charge is 2.09. The van der Waals surface area contributed by atoms with Gasteiger partial charge in [0.2, 0.25) is 5.91 Å². The Bertz CT molecular complexity index is 774. The molecular weight excluding hydrogens is 324 g/mol. The van der Waals surface area contributed by atoms with Crippen LogP contribution in [0.25, 0.3) is 0 Å². The van der Waals surface area contributed by atoms with Crippen molar-refractivity contribution >= 4 is 33.9 Å². The van der Waals surface area contributed by atoms with Crippen LogP contribution in [0.1, 0.15) is 22.8 Å². The quantitative estimate of drug-likeness (QED) is 0.758. The van der Waals surface area contributed by atoms with Crippen molar-refractivity contribution in [2.45, 2.75) is 12.7 Å². The van der Waals surface area contributed by atoms with E-state index in [2.05, 4.69) is 10.6 Å². The summed E-state index contributed by atoms with van der Waals surface area (Å²) in [6.07, 6.45) is 1.65. The molecule has 0 aliphatic heterocycles. The number of hydrogen-bond acceptors (Lipinski definition) is 4. The summed E-state index contributed by atoms with van der Waals surface area (Å²) < 4.78 is 11.3. The second-order valence-electron chi connectivity index (χ2n) is 5.42. The highest BCUT2D eigenvalue weighted by atomic mass is 32.2. The molecule has 2 rings (SSSR count). The van der Waals surface area contributed by atoms with Crippen molar-refractivity contribution < 1.29 is 13.8 Å². The smallest absolute Gasteiger partial charge is 0.243 e. The summed E-state index contributed by atoms with van der Waals surface area (Å²) in [5.41, 5.74) is 2.72. The van der Waals surface area contributed by atoms with Crippen molar-refractivity contribution in [1.82, 2.24) is 0 Å². The molecule has 24 heavy (non-hydrogen) atoms. The number of benzene rings is 2. The van der Waals surface area contributed by atoms with Gasteiger partial charge in [-0.2, -0.15) is 0 Å². The van der Waals surface area contributed by atoms with Crippen LogP contribution in [-0.2, 0) is 21.3 Å². The van der Waals surface area contributed by atoms with Crippen LogP contribution in [0.4, 0.5) is 11.4 Å². The van der Waals surface area contributed by atoms with Crippen LogP contribution in [0, 0.1) is 0 Å². The van der Waals surface area contributed by atoms with Crippen LogP contribution in [0.15, 0.2) is 48.5 Å². The third-order valence-corrected chi connectivity index (χ3v) is 4.07. The van der Waals surface area contributed by atoms with Crippen LogP contribution in [-0.4, -0.2) is 28.7 Å². The fourth-order valence-electron chi connectivity index (χ4n) is 2.28. The van der Waals surface area contributed by atoms with Crippen molar-refractivity contribution in [3.8, 4) is 0 Å². The average Bonchev–Trinajstić information content (AvgIpc) is 2.53. The Morgan fingerprint density at radius 3 is 2.54 bits per heavy atom. The second kappa shape index (κ2) is 8.40. The predicted octanol–water partition coefficient (Wildman–Crippen LogP) is 2.82. The van der Waals surface area contributed by atoms with Crippen LogP contribution < -0.4 is 10.6 Å². The minimum atomic E-state index is -0.910. The van der Waals surface area contributed by atoms with Gasteiger partial charge in [0.1, 0.15) is 0 Å². The largest absolute Gasteiger partial charge is 0.376 e. The minimum absolute atomic E-state index is 0.0743. The Labute approximate surface area is 143 Å². The third kappa shape index (κ3) is 5.31. The first-order valence-corrected chi connectivity index (χ1v) is 9.21. The topological polar surface area (TPSA) is 75.3 Å². The average molecular weight is 344 g/mol. The molecule has 5 nitrogen and oxygen atoms in total. The maximum Gasteiger partial charge on any atom is 0.243 e. The lowest BCUT2D eigenvalue weighted by atomic mass is 10.1. The van der Waals surface area contributed by atoms with Gasteiger partial charge in [-0.05, 0) is 36.8 Å². The molecule has 0 aromatic heterocycles. The maximum absolute atomic E-state index is 12.1. The zero-order valence-electron chi connectivity index (χ0n) is 13.7. The van der Waals surface area contributed by atoms with E-state index in [-0.39, 0.29) is 18.2 Å². The first-order valence-electron chi connectivity index (χ1n) is 7.48. The van der Waals surface area contributed by atoms with Crippen LogP contribution >= 0.6 is 0 Å². The number of Topliss-reactive ketones (excluding diaryl/α,β-unsaturated/α-hetero) is 1. The number of rotatable bonds is 7. The van der Waals surface area contributed by atoms with E-state index in [1.54, 1.807) is 30.5 Å². The number of carbonyl (C=O) groups is 2. The zero-order chi connectivity index (χ0) is 17.5. The van der Waals surface area contributed by atoms with Gasteiger partial charge >= 0.3 is 0 Å². The number of anilines is 2. The van der Waals surface area contributed by atoms with E-state index in [1.165, 1.54) is 6.92 Å². The predicted molar refractivity (Wildman–Crippen MR) is 97.8 cm³/mol. The SMILES string of the molecule is CC(=O)c1ccccc1NC(=O)CNc1cccc(CS(C)=O)c1. The van der Waals surface area contributed by atoms with Gasteiger partial charge in [0.25, 0.3) is 0 Å². The van der Waals surface area contributed by atoms with Crippen molar-refractivity contribution in [3.63, 3.8) is 0 Å². The molecule has 0 saturated heterocycles. The lowest BCUT2D eigenvalue weighted by Gasteiger charge is -2.11. The molecule has 126 valence electrons. The number of para-hydroxylation sites is 1. The van der Waals surface area contributed by atoms with E-state index in [1.807, 2.05) is 24.3 Å². The van der Waals surface area contributed by atoms with E-state index < -0.39 is 10.8 Å². The van der Waals surface area contributed by atoms with E-state index in [0.29, 0.717) is 17.0 Å². The Hall–Kier alpha value is -2.47. The van der Waals surface area contributed by atoms with Gasteiger partial charge in [-0.1, -0.05) is 24.3 Å². The molecule has 0 aliphatic carbocycles. The van der Waals surface area contributed by atoms with Crippen LogP contribution in [0.5, 0.6) is 0 Å². The summed E-state index contributed by atoms with van der Waals surface area (Å²) in [5.74, 6) is 0.139. The van der Waals surface area contributed by atoms with Crippen molar-refractivity contribution in [3.05, 3.63) is 59.7 Å². The third-order valence-electron chi connectivity index (χ3n) is 3.33. The van der Waals surface area contributed by atoms with Crippen LogP contribution in [0.3, 0.4) is 0 Å². The lowest BCUT2D eigenvalue weighted by Crippen LogP contribution is -2.22. The van der Waals surface area contributed by atoms with Gasteiger partial charge in [0, 0.05) is 34.1 Å². The fraction of sp³-hybridized carbons (Fsp3) is 0.222. The molecule has 0 fully saturated rings. The molecule has 0 radical (unpaired) electrons. The summed E-state index contributed by atoms with van der Waals surface area (Å²) >= 11 is 0. The Balaban J connectivity index is 1.97. The Morgan fingerprint density at radius 1 is 1.08 bits per heavy atom. The van der Waals surface area contributed by atoms with Gasteiger partial charge < -0.3 is 10.6 Å². The molecule has 6 heteroatoms. The molecule has 1 atom stereocenters. The molecule has 0 heterocycles. The van der Waals surface area contributed by atoms with Crippen molar-refractivity contribution in [1.29, 1.82) is 0 Å². The normalized spacial score (nSPS) is 11.6. The standard InChI is InChI=1S/C18H20N2O3S/c1-13(21)16-8-3-4-9-17(16)20-18(22)11-19-15-7-5-6-14(10-15)12-24(2)23/h3-10,19H,11-12H2,1-2H3,(H,20,22). The van der Waals surface area contributed by atoms with Crippen molar-refractivity contribution in [2.75, 3.05) is 23.4 Å². The number of amides is 1. The van der Waals surface area contributed by atoms with E-state index in [0.717, 1.165) is 11.3 Å². The van der Waals surface area contributed by atoms with Gasteiger partial charge in [0.05, 0.1) is 12.2 Å². The first-order chi connectivity index (χ1) is 11.5. The number of hydrogen-bond donors (Lipinski definition) is 2. The molecule has 2 N–H and O–H groups in total. The monoisotopic (exact) mass is 344 g/mol. The Morgan fingerprint density at radius 2 is 1.83 bits per heavy atom. The second-order valence-corrected chi connectivity index (χ2v) is 6.86. The minimum Gasteiger partial charge on any atom is -0.376 e. The molecule has 2 aromatic rings. The van der Waals surface area contributed by atoms with Gasteiger partial charge in [-0.3, -0.25) is 13.8 Å². The zero-order valence-corrected chi connectivity index (χ0v) is 14.5. The molecule has 1 unspecified atom stereocenters. The number of ketones is 1. The summed E-state index contributed by atoms with van der Waals surface area (Å²) in [6, 6.07) is 14.4. The first kappa shape index (κ1) is 17.9. The van der Waals surface area contributed by atoms with Crippen LogP contribution in [0.2, 0.25) is 0 Å². The highest BCUT2D eigenvalue weighted by molar-refractivity contribution is 7.83. The summed E-state index contributed by atoms with van der Waals surface area (Å²) in [6.45, 7) is 1.54. The highest BCUT2D eigenvalue weighted by Crippen LogP contribution is 2.16. The van der Waals surface area contributed by atoms with Crippen molar-refractivity contribution in [2.24, 2.45) is 0 Å². The van der Waals surface area contributed by atoms with E-state index in [4.69, 9.17) is 0 Å². The number of nitrogens with one attached hydrogen (secondary N) is 2. The lowest BCUT2D eigenvalue weighted by molar-refractivity contribution is -0.114. The summed E-state index contributed by atoms with van der Waals surface area (Å²) in [4.78, 5) is 23.7. The van der Waals surface area contributed by atoms with E-state index >= 15 is 0 Å². The maximum atomic E-state index is 12.1. The molecular formula is C18H20N2O3S. The summed E-state index contributed by atoms with van der Waals surface area (Å²) in [7, 11) is -0.910. The van der Waals surface area contributed by atoms with Gasteiger partial charge in [-0.15, -0.1) is 0 Å². The molecule has 2 aromatic carbocycles. The Kier molecular flexibility index (Phi) is 6.26.